The van der Waals surface area contributed by atoms with E-state index in [1.54, 1.807) is 24.3 Å². The van der Waals surface area contributed by atoms with Crippen molar-refractivity contribution in [2.24, 2.45) is 5.92 Å². The summed E-state index contributed by atoms with van der Waals surface area (Å²) in [5, 5.41) is 0. The molecule has 1 atom stereocenters. The van der Waals surface area contributed by atoms with E-state index in [0.717, 1.165) is 17.7 Å². The normalized spacial score (nSPS) is 19.8. The summed E-state index contributed by atoms with van der Waals surface area (Å²) in [6.45, 7) is 2.91. The number of amides is 2. The van der Waals surface area contributed by atoms with Crippen molar-refractivity contribution in [2.45, 2.75) is 31.2 Å². The first-order valence-electron chi connectivity index (χ1n) is 9.81. The van der Waals surface area contributed by atoms with Crippen LogP contribution in [-0.2, 0) is 16.6 Å². The summed E-state index contributed by atoms with van der Waals surface area (Å²) in [5.74, 6) is -0.400. The maximum absolute atomic E-state index is 13.3. The molecule has 0 aliphatic carbocycles. The smallest absolute Gasteiger partial charge is 0.280 e. The number of piperidine rings is 1. The van der Waals surface area contributed by atoms with E-state index in [2.05, 4.69) is 4.98 Å². The molecule has 158 valence electrons. The Morgan fingerprint density at radius 3 is 2.70 bits per heavy atom. The molecular weight excluding hydrogens is 406 g/mol. The van der Waals surface area contributed by atoms with Gasteiger partial charge in [0, 0.05) is 19.3 Å². The minimum Gasteiger partial charge on any atom is -0.495 e. The van der Waals surface area contributed by atoms with Gasteiger partial charge in [-0.25, -0.2) is 8.42 Å². The molecule has 0 radical (unpaired) electrons. The van der Waals surface area contributed by atoms with Gasteiger partial charge >= 0.3 is 0 Å². The molecule has 3 heterocycles. The van der Waals surface area contributed by atoms with Crippen LogP contribution in [0.1, 0.15) is 46.2 Å². The average Bonchev–Trinajstić information content (AvgIpc) is 2.99. The number of aromatic nitrogens is 1. The predicted octanol–water partition coefficient (Wildman–Crippen LogP) is 2.31. The van der Waals surface area contributed by atoms with Crippen LogP contribution in [0.15, 0.2) is 41.4 Å². The Hall–Kier alpha value is -2.78. The molecule has 9 heteroatoms. The van der Waals surface area contributed by atoms with Crippen molar-refractivity contribution >= 4 is 21.8 Å². The van der Waals surface area contributed by atoms with Crippen LogP contribution in [0.3, 0.4) is 0 Å². The number of sulfonamides is 1. The molecule has 2 aliphatic heterocycles. The van der Waals surface area contributed by atoms with Crippen molar-refractivity contribution in [3.63, 3.8) is 0 Å². The van der Waals surface area contributed by atoms with Gasteiger partial charge in [-0.1, -0.05) is 13.0 Å². The van der Waals surface area contributed by atoms with Gasteiger partial charge in [0.15, 0.2) is 0 Å². The number of ether oxygens (including phenoxy) is 1. The Kier molecular flexibility index (Phi) is 5.33. The van der Waals surface area contributed by atoms with Gasteiger partial charge in [0.05, 0.1) is 19.2 Å². The SMILES string of the molecule is COc1ccc(CN2C(=O)c3cccnc3C2=O)cc1S(=O)(=O)N1CCC[C@H](C)C1. The Morgan fingerprint density at radius 2 is 2.00 bits per heavy atom. The molecule has 1 fully saturated rings. The Bertz CT molecular complexity index is 1080. The summed E-state index contributed by atoms with van der Waals surface area (Å²) >= 11 is 0. The number of carbonyl (C=O) groups is 2. The Labute approximate surface area is 175 Å². The summed E-state index contributed by atoms with van der Waals surface area (Å²) in [7, 11) is -2.35. The molecule has 1 aromatic heterocycles. The lowest BCUT2D eigenvalue weighted by atomic mass is 10.0. The highest BCUT2D eigenvalue weighted by atomic mass is 32.2. The Morgan fingerprint density at radius 1 is 1.20 bits per heavy atom. The van der Waals surface area contributed by atoms with Crippen molar-refractivity contribution in [3.05, 3.63) is 53.3 Å². The Balaban J connectivity index is 1.66. The van der Waals surface area contributed by atoms with E-state index in [1.165, 1.54) is 23.7 Å². The highest BCUT2D eigenvalue weighted by Crippen LogP contribution is 2.32. The molecule has 1 saturated heterocycles. The highest BCUT2D eigenvalue weighted by molar-refractivity contribution is 7.89. The highest BCUT2D eigenvalue weighted by Gasteiger charge is 2.37. The predicted molar refractivity (Wildman–Crippen MR) is 109 cm³/mol. The summed E-state index contributed by atoms with van der Waals surface area (Å²) in [6, 6.07) is 7.87. The molecule has 1 aromatic carbocycles. The number of hydrogen-bond donors (Lipinski definition) is 0. The van der Waals surface area contributed by atoms with E-state index in [9.17, 15) is 18.0 Å². The zero-order valence-corrected chi connectivity index (χ0v) is 17.7. The number of hydrogen-bond acceptors (Lipinski definition) is 6. The first kappa shape index (κ1) is 20.5. The lowest BCUT2D eigenvalue weighted by molar-refractivity contribution is 0.0640. The minimum absolute atomic E-state index is 0.0447. The van der Waals surface area contributed by atoms with Crippen molar-refractivity contribution in [1.29, 1.82) is 0 Å². The molecule has 2 aromatic rings. The second-order valence-electron chi connectivity index (χ2n) is 7.69. The van der Waals surface area contributed by atoms with E-state index in [4.69, 9.17) is 4.74 Å². The van der Waals surface area contributed by atoms with Gasteiger partial charge in [-0.2, -0.15) is 4.31 Å². The molecule has 2 amide bonds. The number of benzene rings is 1. The fraction of sp³-hybridized carbons (Fsp3) is 0.381. The molecular formula is C21H23N3O5S. The largest absolute Gasteiger partial charge is 0.495 e. The summed E-state index contributed by atoms with van der Waals surface area (Å²) in [5.41, 5.74) is 0.895. The maximum atomic E-state index is 13.3. The van der Waals surface area contributed by atoms with Gasteiger partial charge in [0.25, 0.3) is 11.8 Å². The molecule has 0 unspecified atom stereocenters. The second-order valence-corrected chi connectivity index (χ2v) is 9.60. The van der Waals surface area contributed by atoms with E-state index in [-0.39, 0.29) is 34.4 Å². The third-order valence-electron chi connectivity index (χ3n) is 5.54. The number of fused-ring (bicyclic) bond motifs is 1. The second kappa shape index (κ2) is 7.81. The molecule has 0 N–H and O–H groups in total. The van der Waals surface area contributed by atoms with Crippen LogP contribution in [-0.4, -0.2) is 54.6 Å². The average molecular weight is 429 g/mol. The maximum Gasteiger partial charge on any atom is 0.280 e. The van der Waals surface area contributed by atoms with Crippen LogP contribution in [0.4, 0.5) is 0 Å². The third-order valence-corrected chi connectivity index (χ3v) is 7.42. The topological polar surface area (TPSA) is 96.9 Å². The minimum atomic E-state index is -3.77. The molecule has 2 aliphatic rings. The van der Waals surface area contributed by atoms with Crippen LogP contribution >= 0.6 is 0 Å². The first-order chi connectivity index (χ1) is 14.3. The van der Waals surface area contributed by atoms with E-state index >= 15 is 0 Å². The van der Waals surface area contributed by atoms with Crippen molar-refractivity contribution in [3.8, 4) is 5.75 Å². The number of methoxy groups -OCH3 is 1. The molecule has 0 saturated carbocycles. The van der Waals surface area contributed by atoms with Gasteiger partial charge < -0.3 is 4.74 Å². The summed E-state index contributed by atoms with van der Waals surface area (Å²) < 4.78 is 33.4. The number of rotatable bonds is 5. The lowest BCUT2D eigenvalue weighted by Crippen LogP contribution is -2.39. The van der Waals surface area contributed by atoms with Crippen LogP contribution in [0.5, 0.6) is 5.75 Å². The zero-order valence-electron chi connectivity index (χ0n) is 16.9. The van der Waals surface area contributed by atoms with Gasteiger partial charge in [0.2, 0.25) is 10.0 Å². The van der Waals surface area contributed by atoms with Gasteiger partial charge in [-0.15, -0.1) is 0 Å². The quantitative estimate of drug-likeness (QED) is 0.677. The monoisotopic (exact) mass is 429 g/mol. The van der Waals surface area contributed by atoms with Crippen LogP contribution in [0, 0.1) is 5.92 Å². The number of pyridine rings is 1. The van der Waals surface area contributed by atoms with E-state index in [0.29, 0.717) is 18.7 Å². The van der Waals surface area contributed by atoms with E-state index in [1.807, 2.05) is 6.92 Å². The lowest BCUT2D eigenvalue weighted by Gasteiger charge is -2.30. The number of imide groups is 1. The summed E-state index contributed by atoms with van der Waals surface area (Å²) in [4.78, 5) is 30.3. The fourth-order valence-corrected chi connectivity index (χ4v) is 5.77. The van der Waals surface area contributed by atoms with Gasteiger partial charge in [0.1, 0.15) is 16.3 Å². The van der Waals surface area contributed by atoms with Gasteiger partial charge in [-0.3, -0.25) is 19.5 Å². The molecule has 0 bridgehead atoms. The van der Waals surface area contributed by atoms with Crippen molar-refractivity contribution in [1.82, 2.24) is 14.2 Å². The number of nitrogens with zero attached hydrogens (tertiary/aromatic N) is 3. The summed E-state index contributed by atoms with van der Waals surface area (Å²) in [6.07, 6.45) is 3.27. The standard InChI is InChI=1S/C21H23N3O5S/c1-14-5-4-10-23(12-14)30(27,28)18-11-15(7-8-17(18)29-2)13-24-20(25)16-6-3-9-22-19(16)21(24)26/h3,6-9,11,14H,4-5,10,12-13H2,1-2H3/t14-/m0/s1. The molecule has 8 nitrogen and oxygen atoms in total. The van der Waals surface area contributed by atoms with Crippen LogP contribution in [0.25, 0.3) is 0 Å². The zero-order chi connectivity index (χ0) is 21.5. The third kappa shape index (κ3) is 3.48. The van der Waals surface area contributed by atoms with Crippen LogP contribution < -0.4 is 4.74 Å². The van der Waals surface area contributed by atoms with Gasteiger partial charge in [-0.05, 0) is 48.6 Å². The van der Waals surface area contributed by atoms with Crippen molar-refractivity contribution in [2.75, 3.05) is 20.2 Å². The van der Waals surface area contributed by atoms with E-state index < -0.39 is 21.8 Å². The first-order valence-corrected chi connectivity index (χ1v) is 11.2. The number of carbonyl (C=O) groups excluding carboxylic acids is 2. The molecule has 30 heavy (non-hydrogen) atoms. The van der Waals surface area contributed by atoms with Crippen LogP contribution in [0.2, 0.25) is 0 Å². The van der Waals surface area contributed by atoms with Crippen molar-refractivity contribution < 1.29 is 22.7 Å². The molecule has 0 spiro atoms. The fourth-order valence-electron chi connectivity index (χ4n) is 3.96. The molecule has 4 rings (SSSR count).